The van der Waals surface area contributed by atoms with Crippen LogP contribution in [0.15, 0.2) is 62.9 Å². The maximum Gasteiger partial charge on any atom is 0.301 e. The second kappa shape index (κ2) is 8.08. The van der Waals surface area contributed by atoms with Crippen LogP contribution >= 0.6 is 11.3 Å². The van der Waals surface area contributed by atoms with Gasteiger partial charge < -0.3 is 4.74 Å². The maximum atomic E-state index is 12.9. The molecule has 7 nitrogen and oxygen atoms in total. The van der Waals surface area contributed by atoms with Crippen LogP contribution in [0.4, 0.5) is 11.4 Å². The predicted molar refractivity (Wildman–Crippen MR) is 119 cm³/mol. The quantitative estimate of drug-likeness (QED) is 0.425. The molecule has 0 atom stereocenters. The number of hydrogen-bond acceptors (Lipinski definition) is 6. The molecule has 0 saturated heterocycles. The third kappa shape index (κ3) is 3.81. The molecule has 4 rings (SSSR count). The molecule has 0 unspecified atom stereocenters. The molecule has 0 radical (unpaired) electrons. The van der Waals surface area contributed by atoms with E-state index in [-0.39, 0.29) is 11.2 Å². The van der Waals surface area contributed by atoms with Gasteiger partial charge >= 0.3 is 5.56 Å². The summed E-state index contributed by atoms with van der Waals surface area (Å²) < 4.78 is 6.60. The van der Waals surface area contributed by atoms with Crippen molar-refractivity contribution in [3.63, 3.8) is 0 Å². The summed E-state index contributed by atoms with van der Waals surface area (Å²) in [5.74, 6) is 0.782. The molecule has 0 aliphatic carbocycles. The third-order valence-electron chi connectivity index (χ3n) is 4.73. The van der Waals surface area contributed by atoms with Gasteiger partial charge in [-0.3, -0.25) is 9.89 Å². The first kappa shape index (κ1) is 19.8. The van der Waals surface area contributed by atoms with Crippen molar-refractivity contribution >= 4 is 22.7 Å². The lowest BCUT2D eigenvalue weighted by Crippen LogP contribution is -2.13. The molecule has 30 heavy (non-hydrogen) atoms. The highest BCUT2D eigenvalue weighted by molar-refractivity contribution is 7.12. The Morgan fingerprint density at radius 1 is 1.07 bits per heavy atom. The van der Waals surface area contributed by atoms with E-state index in [9.17, 15) is 4.79 Å². The number of H-pyrrole nitrogens is 1. The van der Waals surface area contributed by atoms with Crippen LogP contribution in [0.3, 0.4) is 0 Å². The van der Waals surface area contributed by atoms with Gasteiger partial charge in [-0.15, -0.1) is 16.5 Å². The largest absolute Gasteiger partial charge is 0.497 e. The molecule has 8 heteroatoms. The first-order chi connectivity index (χ1) is 14.5. The summed E-state index contributed by atoms with van der Waals surface area (Å²) in [6.45, 7) is 5.76. The minimum atomic E-state index is -0.280. The summed E-state index contributed by atoms with van der Waals surface area (Å²) in [5, 5.41) is 14.0. The molecule has 4 aromatic rings. The Kier molecular flexibility index (Phi) is 5.33. The zero-order valence-corrected chi connectivity index (χ0v) is 17.9. The van der Waals surface area contributed by atoms with Gasteiger partial charge in [0.05, 0.1) is 24.2 Å². The van der Waals surface area contributed by atoms with E-state index in [1.54, 1.807) is 14.0 Å². The fourth-order valence-electron chi connectivity index (χ4n) is 2.98. The standard InChI is InChI=1S/C22H21N5O2S/c1-13-5-6-14(2)18(11-13)24-25-20-15(3)26-27(21(20)28)22-23-19(12-30-22)16-7-9-17(29-4)10-8-16/h5-12,26H,1-4H3. The van der Waals surface area contributed by atoms with Crippen LogP contribution in [-0.4, -0.2) is 21.9 Å². The molecule has 0 bridgehead atoms. The van der Waals surface area contributed by atoms with Crippen LogP contribution in [0.1, 0.15) is 16.8 Å². The van der Waals surface area contributed by atoms with E-state index in [0.29, 0.717) is 10.8 Å². The summed E-state index contributed by atoms with van der Waals surface area (Å²) in [6, 6.07) is 13.6. The van der Waals surface area contributed by atoms with E-state index in [2.05, 4.69) is 20.3 Å². The molecular formula is C22H21N5O2S. The number of aryl methyl sites for hydroxylation is 3. The Labute approximate surface area is 177 Å². The maximum absolute atomic E-state index is 12.9. The number of aromatic amines is 1. The monoisotopic (exact) mass is 419 g/mol. The average Bonchev–Trinajstić information content (AvgIpc) is 3.34. The number of nitrogens with one attached hydrogen (secondary N) is 1. The first-order valence-electron chi connectivity index (χ1n) is 9.37. The Hall–Kier alpha value is -3.52. The van der Waals surface area contributed by atoms with Gasteiger partial charge in [0.2, 0.25) is 5.13 Å². The van der Waals surface area contributed by atoms with E-state index in [1.807, 2.05) is 61.7 Å². The summed E-state index contributed by atoms with van der Waals surface area (Å²) >= 11 is 1.38. The van der Waals surface area contributed by atoms with Crippen molar-refractivity contribution in [3.05, 3.63) is 75.0 Å². The Bertz CT molecular complexity index is 1280. The number of nitrogens with zero attached hydrogens (tertiary/aromatic N) is 4. The molecule has 0 saturated carbocycles. The molecule has 0 aliphatic heterocycles. The van der Waals surface area contributed by atoms with Gasteiger partial charge in [0.1, 0.15) is 5.75 Å². The van der Waals surface area contributed by atoms with Crippen LogP contribution in [0.25, 0.3) is 16.4 Å². The lowest BCUT2D eigenvalue weighted by atomic mass is 10.1. The number of rotatable bonds is 5. The first-order valence-corrected chi connectivity index (χ1v) is 10.2. The number of thiazole rings is 1. The molecule has 2 aromatic carbocycles. The summed E-state index contributed by atoms with van der Waals surface area (Å²) in [5.41, 5.74) is 5.20. The Morgan fingerprint density at radius 2 is 1.83 bits per heavy atom. The normalized spacial score (nSPS) is 11.3. The average molecular weight is 420 g/mol. The van der Waals surface area contributed by atoms with Crippen LogP contribution in [0, 0.1) is 20.8 Å². The number of hydrogen-bond donors (Lipinski definition) is 1. The topological polar surface area (TPSA) is 84.6 Å². The highest BCUT2D eigenvalue weighted by Crippen LogP contribution is 2.27. The smallest absolute Gasteiger partial charge is 0.301 e. The number of methoxy groups -OCH3 is 1. The van der Waals surface area contributed by atoms with Crippen LogP contribution < -0.4 is 10.3 Å². The van der Waals surface area contributed by atoms with Crippen molar-refractivity contribution in [1.82, 2.24) is 14.8 Å². The van der Waals surface area contributed by atoms with Gasteiger partial charge in [-0.2, -0.15) is 9.80 Å². The number of ether oxygens (including phenoxy) is 1. The fraction of sp³-hybridized carbons (Fsp3) is 0.182. The second-order valence-electron chi connectivity index (χ2n) is 6.96. The van der Waals surface area contributed by atoms with Gasteiger partial charge in [0, 0.05) is 10.9 Å². The van der Waals surface area contributed by atoms with Crippen molar-refractivity contribution in [1.29, 1.82) is 0 Å². The van der Waals surface area contributed by atoms with Crippen LogP contribution in [0.2, 0.25) is 0 Å². The minimum Gasteiger partial charge on any atom is -0.497 e. The molecule has 1 N–H and O–H groups in total. The van der Waals surface area contributed by atoms with Crippen molar-refractivity contribution in [2.45, 2.75) is 20.8 Å². The third-order valence-corrected chi connectivity index (χ3v) is 5.56. The highest BCUT2D eigenvalue weighted by atomic mass is 32.1. The second-order valence-corrected chi connectivity index (χ2v) is 7.80. The van der Waals surface area contributed by atoms with Gasteiger partial charge in [-0.25, -0.2) is 4.98 Å². The highest BCUT2D eigenvalue weighted by Gasteiger charge is 2.15. The Balaban J connectivity index is 1.65. The van der Waals surface area contributed by atoms with Gasteiger partial charge in [-0.1, -0.05) is 12.1 Å². The van der Waals surface area contributed by atoms with Gasteiger partial charge in [-0.05, 0) is 62.2 Å². The van der Waals surface area contributed by atoms with E-state index < -0.39 is 0 Å². The van der Waals surface area contributed by atoms with E-state index in [4.69, 9.17) is 4.74 Å². The lowest BCUT2D eigenvalue weighted by Gasteiger charge is -2.00. The molecule has 0 fully saturated rings. The zero-order valence-electron chi connectivity index (χ0n) is 17.1. The summed E-state index contributed by atoms with van der Waals surface area (Å²) in [6.07, 6.45) is 0. The van der Waals surface area contributed by atoms with Gasteiger partial charge in [0.25, 0.3) is 0 Å². The summed E-state index contributed by atoms with van der Waals surface area (Å²) in [7, 11) is 1.63. The van der Waals surface area contributed by atoms with Gasteiger partial charge in [0.15, 0.2) is 5.69 Å². The fourth-order valence-corrected chi connectivity index (χ4v) is 3.77. The van der Waals surface area contributed by atoms with Crippen molar-refractivity contribution in [3.8, 4) is 22.1 Å². The minimum absolute atomic E-state index is 0.275. The summed E-state index contributed by atoms with van der Waals surface area (Å²) in [4.78, 5) is 17.5. The van der Waals surface area contributed by atoms with E-state index in [1.165, 1.54) is 16.0 Å². The molecule has 152 valence electrons. The number of azo groups is 1. The molecule has 2 aromatic heterocycles. The SMILES string of the molecule is COc1ccc(-c2csc(-n3[nH]c(C)c(N=Nc4cc(C)ccc4C)c3=O)n2)cc1. The van der Waals surface area contributed by atoms with Crippen molar-refractivity contribution in [2.24, 2.45) is 10.2 Å². The molecular weight excluding hydrogens is 398 g/mol. The van der Waals surface area contributed by atoms with Crippen molar-refractivity contribution < 1.29 is 4.74 Å². The molecule has 0 spiro atoms. The van der Waals surface area contributed by atoms with Crippen molar-refractivity contribution in [2.75, 3.05) is 7.11 Å². The number of aromatic nitrogens is 3. The van der Waals surface area contributed by atoms with Crippen LogP contribution in [-0.2, 0) is 0 Å². The molecule has 0 aliphatic rings. The molecule has 0 amide bonds. The van der Waals surface area contributed by atoms with E-state index >= 15 is 0 Å². The Morgan fingerprint density at radius 3 is 2.57 bits per heavy atom. The van der Waals surface area contributed by atoms with E-state index in [0.717, 1.165) is 33.8 Å². The lowest BCUT2D eigenvalue weighted by molar-refractivity contribution is 0.415. The zero-order chi connectivity index (χ0) is 21.3. The number of benzene rings is 2. The molecule has 2 heterocycles. The van der Waals surface area contributed by atoms with Crippen LogP contribution in [0.5, 0.6) is 5.75 Å². The predicted octanol–water partition coefficient (Wildman–Crippen LogP) is 5.64.